The topological polar surface area (TPSA) is 93.5 Å². The number of halogens is 3. The average molecular weight is 493 g/mol. The molecule has 2 aromatic heterocycles. The molecule has 1 atom stereocenters. The largest absolute Gasteiger partial charge is 0.349 e. The Morgan fingerprint density at radius 3 is 2.23 bits per heavy atom. The SMILES string of the molecule is O=c1cnn(-c2cc(Cl)c([C@@H](Sc3ncccn3)c3ccc(Cl)cc3)c(Cl)c2)c(=O)[nH]1. The first kappa shape index (κ1) is 21.6. The van der Waals surface area contributed by atoms with Gasteiger partial charge in [0.15, 0.2) is 5.16 Å². The molecule has 31 heavy (non-hydrogen) atoms. The van der Waals surface area contributed by atoms with Gasteiger partial charge in [-0.05, 0) is 35.9 Å². The zero-order chi connectivity index (χ0) is 22.0. The van der Waals surface area contributed by atoms with Gasteiger partial charge in [-0.25, -0.2) is 14.8 Å². The molecule has 0 radical (unpaired) electrons. The minimum Gasteiger partial charge on any atom is -0.271 e. The number of rotatable bonds is 5. The van der Waals surface area contributed by atoms with Crippen molar-refractivity contribution in [1.29, 1.82) is 0 Å². The number of H-pyrrole nitrogens is 1. The van der Waals surface area contributed by atoms with E-state index in [1.807, 2.05) is 12.1 Å². The quantitative estimate of drug-likeness (QED) is 0.324. The molecule has 0 fully saturated rings. The van der Waals surface area contributed by atoms with E-state index in [1.54, 1.807) is 42.7 Å². The van der Waals surface area contributed by atoms with Crippen molar-refractivity contribution in [1.82, 2.24) is 24.7 Å². The fraction of sp³-hybridized carbons (Fsp3) is 0.0500. The molecular weight excluding hydrogens is 481 g/mol. The third-order valence-electron chi connectivity index (χ3n) is 4.22. The Bertz CT molecular complexity index is 1320. The van der Waals surface area contributed by atoms with Crippen LogP contribution in [-0.2, 0) is 0 Å². The molecule has 1 N–H and O–H groups in total. The molecule has 0 spiro atoms. The highest BCUT2D eigenvalue weighted by atomic mass is 35.5. The summed E-state index contributed by atoms with van der Waals surface area (Å²) in [6.07, 6.45) is 4.29. The number of benzene rings is 2. The molecule has 0 aliphatic rings. The van der Waals surface area contributed by atoms with Crippen LogP contribution in [0.25, 0.3) is 5.69 Å². The molecule has 4 rings (SSSR count). The molecule has 0 saturated heterocycles. The zero-order valence-electron chi connectivity index (χ0n) is 15.5. The lowest BCUT2D eigenvalue weighted by molar-refractivity contribution is 0.749. The summed E-state index contributed by atoms with van der Waals surface area (Å²) in [5, 5.41) is 5.25. The zero-order valence-corrected chi connectivity index (χ0v) is 18.6. The molecule has 0 bridgehead atoms. The van der Waals surface area contributed by atoms with Crippen molar-refractivity contribution in [2.75, 3.05) is 0 Å². The van der Waals surface area contributed by atoms with Crippen molar-refractivity contribution in [3.8, 4) is 5.69 Å². The molecular formula is C20H12Cl3N5O2S. The highest BCUT2D eigenvalue weighted by Gasteiger charge is 2.24. The summed E-state index contributed by atoms with van der Waals surface area (Å²) in [7, 11) is 0. The van der Waals surface area contributed by atoms with E-state index in [1.165, 1.54) is 11.8 Å². The fourth-order valence-corrected chi connectivity index (χ4v) is 4.93. The molecule has 0 aliphatic carbocycles. The van der Waals surface area contributed by atoms with Gasteiger partial charge in [0.25, 0.3) is 5.56 Å². The number of nitrogens with zero attached hydrogens (tertiary/aromatic N) is 4. The number of aromatic nitrogens is 5. The van der Waals surface area contributed by atoms with Crippen molar-refractivity contribution >= 4 is 46.6 Å². The fourth-order valence-electron chi connectivity index (χ4n) is 2.86. The van der Waals surface area contributed by atoms with E-state index in [0.29, 0.717) is 31.5 Å². The van der Waals surface area contributed by atoms with Crippen LogP contribution in [0.4, 0.5) is 0 Å². The summed E-state index contributed by atoms with van der Waals surface area (Å²) in [5.74, 6) is 0. The van der Waals surface area contributed by atoms with Gasteiger partial charge in [0.1, 0.15) is 6.20 Å². The lowest BCUT2D eigenvalue weighted by Gasteiger charge is -2.20. The van der Waals surface area contributed by atoms with Crippen molar-refractivity contribution in [2.45, 2.75) is 10.4 Å². The van der Waals surface area contributed by atoms with Crippen molar-refractivity contribution in [3.63, 3.8) is 0 Å². The van der Waals surface area contributed by atoms with Gasteiger partial charge in [-0.15, -0.1) is 0 Å². The third-order valence-corrected chi connectivity index (χ3v) is 6.26. The van der Waals surface area contributed by atoms with Crippen molar-refractivity contribution in [3.05, 3.63) is 108 Å². The first-order valence-electron chi connectivity index (χ1n) is 8.79. The Labute approximate surface area is 195 Å². The van der Waals surface area contributed by atoms with Gasteiger partial charge in [-0.3, -0.25) is 9.78 Å². The summed E-state index contributed by atoms with van der Waals surface area (Å²) < 4.78 is 1.01. The Hall–Kier alpha value is -2.65. The van der Waals surface area contributed by atoms with Crippen LogP contribution in [0.2, 0.25) is 15.1 Å². The van der Waals surface area contributed by atoms with Gasteiger partial charge in [0.05, 0.1) is 10.9 Å². The maximum absolute atomic E-state index is 12.1. The Balaban J connectivity index is 1.83. The maximum atomic E-state index is 12.1. The van der Waals surface area contributed by atoms with Crippen LogP contribution in [0.15, 0.2) is 75.8 Å². The molecule has 0 saturated carbocycles. The monoisotopic (exact) mass is 491 g/mol. The van der Waals surface area contributed by atoms with Gasteiger partial charge in [-0.2, -0.15) is 9.78 Å². The summed E-state index contributed by atoms with van der Waals surface area (Å²) in [5.41, 5.74) is 0.517. The van der Waals surface area contributed by atoms with Gasteiger partial charge >= 0.3 is 5.69 Å². The van der Waals surface area contributed by atoms with Crippen LogP contribution >= 0.6 is 46.6 Å². The Morgan fingerprint density at radius 1 is 0.968 bits per heavy atom. The Kier molecular flexibility index (Phi) is 6.43. The molecule has 0 amide bonds. The maximum Gasteiger partial charge on any atom is 0.349 e. The van der Waals surface area contributed by atoms with Crippen LogP contribution in [0.1, 0.15) is 16.4 Å². The summed E-state index contributed by atoms with van der Waals surface area (Å²) >= 11 is 20.7. The van der Waals surface area contributed by atoms with Crippen LogP contribution in [0, 0.1) is 0 Å². The average Bonchev–Trinajstić information content (AvgIpc) is 2.74. The van der Waals surface area contributed by atoms with Crippen LogP contribution in [-0.4, -0.2) is 24.7 Å². The standard InChI is InChI=1S/C20H12Cl3N5O2S/c21-12-4-2-11(3-5-12)18(31-19-24-6-1-7-25-19)17-14(22)8-13(9-15(17)23)28-20(30)27-16(29)10-26-28/h1-10,18H,(H,27,29,30)/t18-/m0/s1. The molecule has 0 aliphatic heterocycles. The van der Waals surface area contributed by atoms with Crippen LogP contribution in [0.5, 0.6) is 0 Å². The molecule has 156 valence electrons. The first-order valence-corrected chi connectivity index (χ1v) is 10.8. The van der Waals surface area contributed by atoms with E-state index in [9.17, 15) is 9.59 Å². The summed E-state index contributed by atoms with van der Waals surface area (Å²) in [6.45, 7) is 0. The molecule has 7 nitrogen and oxygen atoms in total. The minimum absolute atomic E-state index is 0.311. The summed E-state index contributed by atoms with van der Waals surface area (Å²) in [6, 6.07) is 12.1. The minimum atomic E-state index is -0.700. The second-order valence-corrected chi connectivity index (χ2v) is 8.58. The van der Waals surface area contributed by atoms with Gasteiger partial charge in [-0.1, -0.05) is 58.7 Å². The number of hydrogen-bond donors (Lipinski definition) is 1. The normalized spacial score (nSPS) is 12.0. The van der Waals surface area contributed by atoms with Gasteiger partial charge < -0.3 is 0 Å². The van der Waals surface area contributed by atoms with Crippen LogP contribution in [0.3, 0.4) is 0 Å². The van der Waals surface area contributed by atoms with E-state index in [0.717, 1.165) is 16.4 Å². The molecule has 4 aromatic rings. The van der Waals surface area contributed by atoms with E-state index < -0.39 is 11.2 Å². The smallest absolute Gasteiger partial charge is 0.271 e. The molecule has 2 heterocycles. The van der Waals surface area contributed by atoms with E-state index in [-0.39, 0.29) is 5.25 Å². The van der Waals surface area contributed by atoms with Gasteiger partial charge in [0, 0.05) is 33.0 Å². The molecule has 11 heteroatoms. The second kappa shape index (κ2) is 9.23. The highest BCUT2D eigenvalue weighted by molar-refractivity contribution is 7.99. The van der Waals surface area contributed by atoms with E-state index in [4.69, 9.17) is 34.8 Å². The van der Waals surface area contributed by atoms with E-state index in [2.05, 4.69) is 20.1 Å². The third kappa shape index (κ3) is 4.83. The molecule has 0 unspecified atom stereocenters. The number of hydrogen-bond acceptors (Lipinski definition) is 6. The van der Waals surface area contributed by atoms with Gasteiger partial charge in [0.2, 0.25) is 0 Å². The molecule has 2 aromatic carbocycles. The van der Waals surface area contributed by atoms with Crippen molar-refractivity contribution < 1.29 is 0 Å². The lowest BCUT2D eigenvalue weighted by Crippen LogP contribution is -2.30. The van der Waals surface area contributed by atoms with Crippen molar-refractivity contribution in [2.24, 2.45) is 0 Å². The summed E-state index contributed by atoms with van der Waals surface area (Å²) in [4.78, 5) is 34.1. The lowest BCUT2D eigenvalue weighted by atomic mass is 10.0. The predicted molar refractivity (Wildman–Crippen MR) is 122 cm³/mol. The Morgan fingerprint density at radius 2 is 1.61 bits per heavy atom. The van der Waals surface area contributed by atoms with Crippen LogP contribution < -0.4 is 11.2 Å². The van der Waals surface area contributed by atoms with E-state index >= 15 is 0 Å². The number of nitrogens with one attached hydrogen (secondary N) is 1. The first-order chi connectivity index (χ1) is 14.9. The number of aromatic amines is 1. The second-order valence-electron chi connectivity index (χ2n) is 6.25. The predicted octanol–water partition coefficient (Wildman–Crippen LogP) is 4.55. The number of thioether (sulfide) groups is 1. The highest BCUT2D eigenvalue weighted by Crippen LogP contribution is 2.45.